The van der Waals surface area contributed by atoms with Crippen LogP contribution < -0.4 is 10.6 Å². The fraction of sp³-hybridized carbons (Fsp3) is 0.238. The number of aryl methyl sites for hydroxylation is 1. The molecule has 0 fully saturated rings. The van der Waals surface area contributed by atoms with E-state index in [1.165, 1.54) is 0 Å². The van der Waals surface area contributed by atoms with E-state index in [9.17, 15) is 9.59 Å². The number of rotatable bonds is 5. The number of hydrogen-bond donors (Lipinski definition) is 2. The minimum Gasteiger partial charge on any atom is -0.340 e. The van der Waals surface area contributed by atoms with Crippen LogP contribution in [0.3, 0.4) is 0 Å². The summed E-state index contributed by atoms with van der Waals surface area (Å²) in [6, 6.07) is 13.7. The Balaban J connectivity index is 2.13. The van der Waals surface area contributed by atoms with Gasteiger partial charge in [-0.3, -0.25) is 9.59 Å². The standard InChI is InChI=1S/C21H22N2O2/c1-5-16-9-7-11-18(13-16)22-21(25)19(14(2)3)23-20(24)17-10-6-8-15(4)12-17/h1,6-14,19H,2-4H3,(H,22,25)(H,23,24). The molecule has 128 valence electrons. The molecule has 2 N–H and O–H groups in total. The second-order valence-corrected chi connectivity index (χ2v) is 6.28. The molecule has 4 nitrogen and oxygen atoms in total. The van der Waals surface area contributed by atoms with Gasteiger partial charge in [0.05, 0.1) is 0 Å². The topological polar surface area (TPSA) is 58.2 Å². The quantitative estimate of drug-likeness (QED) is 0.824. The Hall–Kier alpha value is -3.06. The SMILES string of the molecule is C#Cc1cccc(NC(=O)C(NC(=O)c2cccc(C)c2)C(C)C)c1. The van der Waals surface area contributed by atoms with Gasteiger partial charge in [-0.25, -0.2) is 0 Å². The van der Waals surface area contributed by atoms with Crippen molar-refractivity contribution in [1.82, 2.24) is 5.32 Å². The van der Waals surface area contributed by atoms with E-state index < -0.39 is 6.04 Å². The predicted octanol–water partition coefficient (Wildman–Crippen LogP) is 3.37. The summed E-state index contributed by atoms with van der Waals surface area (Å²) in [6.45, 7) is 5.69. The molecule has 0 bridgehead atoms. The number of carbonyl (C=O) groups is 2. The maximum Gasteiger partial charge on any atom is 0.251 e. The molecule has 0 saturated heterocycles. The molecule has 2 aromatic rings. The third-order valence-electron chi connectivity index (χ3n) is 3.81. The van der Waals surface area contributed by atoms with E-state index in [4.69, 9.17) is 6.42 Å². The van der Waals surface area contributed by atoms with Crippen molar-refractivity contribution in [3.05, 3.63) is 65.2 Å². The average molecular weight is 334 g/mol. The number of nitrogens with one attached hydrogen (secondary N) is 2. The van der Waals surface area contributed by atoms with Gasteiger partial charge in [0.2, 0.25) is 5.91 Å². The zero-order valence-electron chi connectivity index (χ0n) is 14.7. The van der Waals surface area contributed by atoms with Gasteiger partial charge in [-0.2, -0.15) is 0 Å². The van der Waals surface area contributed by atoms with Crippen molar-refractivity contribution in [2.24, 2.45) is 5.92 Å². The predicted molar refractivity (Wildman–Crippen MR) is 100 cm³/mol. The van der Waals surface area contributed by atoms with Gasteiger partial charge in [-0.15, -0.1) is 6.42 Å². The molecule has 0 heterocycles. The van der Waals surface area contributed by atoms with Gasteiger partial charge in [0.15, 0.2) is 0 Å². The van der Waals surface area contributed by atoms with Gasteiger partial charge < -0.3 is 10.6 Å². The highest BCUT2D eigenvalue weighted by molar-refractivity contribution is 6.01. The summed E-state index contributed by atoms with van der Waals surface area (Å²) >= 11 is 0. The van der Waals surface area contributed by atoms with E-state index in [1.54, 1.807) is 36.4 Å². The van der Waals surface area contributed by atoms with Crippen LogP contribution in [0.25, 0.3) is 0 Å². The Bertz CT molecular complexity index is 819. The summed E-state index contributed by atoms with van der Waals surface area (Å²) in [5, 5.41) is 5.63. The van der Waals surface area contributed by atoms with Crippen LogP contribution in [0, 0.1) is 25.2 Å². The second-order valence-electron chi connectivity index (χ2n) is 6.28. The van der Waals surface area contributed by atoms with Crippen molar-refractivity contribution in [2.45, 2.75) is 26.8 Å². The molecule has 0 radical (unpaired) electrons. The van der Waals surface area contributed by atoms with Gasteiger partial charge >= 0.3 is 0 Å². The summed E-state index contributed by atoms with van der Waals surface area (Å²) in [5.41, 5.74) is 2.82. The minimum absolute atomic E-state index is 0.0652. The minimum atomic E-state index is -0.650. The van der Waals surface area contributed by atoms with E-state index in [0.29, 0.717) is 16.8 Å². The number of terminal acetylenes is 1. The van der Waals surface area contributed by atoms with E-state index in [2.05, 4.69) is 16.6 Å². The van der Waals surface area contributed by atoms with Gasteiger partial charge in [0.25, 0.3) is 5.91 Å². The molecular weight excluding hydrogens is 312 g/mol. The smallest absolute Gasteiger partial charge is 0.251 e. The lowest BCUT2D eigenvalue weighted by atomic mass is 10.0. The summed E-state index contributed by atoms with van der Waals surface area (Å²) < 4.78 is 0. The molecule has 0 aliphatic carbocycles. The zero-order valence-corrected chi connectivity index (χ0v) is 14.7. The number of benzene rings is 2. The van der Waals surface area contributed by atoms with Crippen LogP contribution in [-0.2, 0) is 4.79 Å². The first-order chi connectivity index (χ1) is 11.9. The second kappa shape index (κ2) is 8.16. The zero-order chi connectivity index (χ0) is 18.4. The Morgan fingerprint density at radius 2 is 1.80 bits per heavy atom. The van der Waals surface area contributed by atoms with Crippen LogP contribution >= 0.6 is 0 Å². The van der Waals surface area contributed by atoms with Crippen LogP contribution in [0.1, 0.15) is 35.3 Å². The number of hydrogen-bond acceptors (Lipinski definition) is 2. The number of carbonyl (C=O) groups excluding carboxylic acids is 2. The normalized spacial score (nSPS) is 11.5. The van der Waals surface area contributed by atoms with Crippen molar-refractivity contribution < 1.29 is 9.59 Å². The maximum atomic E-state index is 12.6. The highest BCUT2D eigenvalue weighted by atomic mass is 16.2. The van der Waals surface area contributed by atoms with Crippen LogP contribution in [0.4, 0.5) is 5.69 Å². The lowest BCUT2D eigenvalue weighted by molar-refractivity contribution is -0.118. The summed E-state index contributed by atoms with van der Waals surface area (Å²) in [5.74, 6) is 1.92. The molecule has 0 spiro atoms. The van der Waals surface area contributed by atoms with Gasteiger partial charge in [0.1, 0.15) is 6.04 Å². The van der Waals surface area contributed by atoms with Crippen LogP contribution in [0.5, 0.6) is 0 Å². The molecule has 0 aromatic heterocycles. The average Bonchev–Trinajstić information content (AvgIpc) is 2.59. The van der Waals surface area contributed by atoms with Gasteiger partial charge in [0, 0.05) is 16.8 Å². The Morgan fingerprint density at radius 3 is 2.44 bits per heavy atom. The molecule has 0 saturated carbocycles. The lowest BCUT2D eigenvalue weighted by Gasteiger charge is -2.22. The van der Waals surface area contributed by atoms with Crippen molar-refractivity contribution in [3.63, 3.8) is 0 Å². The highest BCUT2D eigenvalue weighted by Crippen LogP contribution is 2.13. The van der Waals surface area contributed by atoms with Gasteiger partial charge in [-0.1, -0.05) is 43.5 Å². The summed E-state index contributed by atoms with van der Waals surface area (Å²) in [6.07, 6.45) is 5.38. The van der Waals surface area contributed by atoms with Crippen molar-refractivity contribution in [2.75, 3.05) is 5.32 Å². The Kier molecular flexibility index (Phi) is 5.97. The van der Waals surface area contributed by atoms with Crippen molar-refractivity contribution in [3.8, 4) is 12.3 Å². The Morgan fingerprint density at radius 1 is 1.08 bits per heavy atom. The van der Waals surface area contributed by atoms with Crippen molar-refractivity contribution in [1.29, 1.82) is 0 Å². The third-order valence-corrected chi connectivity index (χ3v) is 3.81. The van der Waals surface area contributed by atoms with E-state index in [0.717, 1.165) is 5.56 Å². The summed E-state index contributed by atoms with van der Waals surface area (Å²) in [7, 11) is 0. The molecule has 0 aliphatic rings. The first-order valence-electron chi connectivity index (χ1n) is 8.16. The number of anilines is 1. The molecule has 1 atom stereocenters. The lowest BCUT2D eigenvalue weighted by Crippen LogP contribution is -2.47. The van der Waals surface area contributed by atoms with Crippen LogP contribution in [0.15, 0.2) is 48.5 Å². The fourth-order valence-electron chi connectivity index (χ4n) is 2.45. The first kappa shape index (κ1) is 18.3. The number of amides is 2. The molecule has 2 rings (SSSR count). The van der Waals surface area contributed by atoms with Crippen LogP contribution in [-0.4, -0.2) is 17.9 Å². The largest absolute Gasteiger partial charge is 0.340 e. The van der Waals surface area contributed by atoms with E-state index in [1.807, 2.05) is 32.9 Å². The highest BCUT2D eigenvalue weighted by Gasteiger charge is 2.24. The van der Waals surface area contributed by atoms with Gasteiger partial charge in [-0.05, 0) is 43.2 Å². The fourth-order valence-corrected chi connectivity index (χ4v) is 2.45. The molecule has 25 heavy (non-hydrogen) atoms. The monoisotopic (exact) mass is 334 g/mol. The molecule has 2 amide bonds. The van der Waals surface area contributed by atoms with E-state index in [-0.39, 0.29) is 17.7 Å². The molecular formula is C21H22N2O2. The summed E-state index contributed by atoms with van der Waals surface area (Å²) in [4.78, 5) is 25.1. The molecule has 1 unspecified atom stereocenters. The first-order valence-corrected chi connectivity index (χ1v) is 8.16. The van der Waals surface area contributed by atoms with E-state index >= 15 is 0 Å². The Labute approximate surface area is 148 Å². The van der Waals surface area contributed by atoms with Crippen molar-refractivity contribution >= 4 is 17.5 Å². The van der Waals surface area contributed by atoms with Crippen LogP contribution in [0.2, 0.25) is 0 Å². The third kappa shape index (κ3) is 4.95. The molecule has 2 aromatic carbocycles. The maximum absolute atomic E-state index is 12.6. The molecule has 0 aliphatic heterocycles. The molecule has 4 heteroatoms.